The third-order valence-corrected chi connectivity index (χ3v) is 6.41. The van der Waals surface area contributed by atoms with Crippen LogP contribution in [-0.2, 0) is 11.2 Å². The number of hydrogen-bond acceptors (Lipinski definition) is 3. The number of carbonyl (C=O) groups excluding carboxylic acids is 1. The maximum Gasteiger partial charge on any atom is 0.225 e. The molecule has 1 saturated carbocycles. The zero-order valence-corrected chi connectivity index (χ0v) is 19.0. The van der Waals surface area contributed by atoms with Crippen molar-refractivity contribution >= 4 is 11.9 Å². The second-order valence-corrected chi connectivity index (χ2v) is 8.52. The molecule has 3 rings (SSSR count). The van der Waals surface area contributed by atoms with Crippen molar-refractivity contribution in [2.24, 2.45) is 10.9 Å². The molecule has 1 amide bonds. The normalized spacial score (nSPS) is 19.3. The second-order valence-electron chi connectivity index (χ2n) is 8.52. The molecular formula is C24H39N5O. The second kappa shape index (κ2) is 11.3. The highest BCUT2D eigenvalue weighted by molar-refractivity contribution is 5.80. The molecule has 30 heavy (non-hydrogen) atoms. The minimum absolute atomic E-state index is 0.203. The van der Waals surface area contributed by atoms with Gasteiger partial charge in [-0.15, -0.1) is 0 Å². The summed E-state index contributed by atoms with van der Waals surface area (Å²) >= 11 is 0. The zero-order chi connectivity index (χ0) is 21.3. The quantitative estimate of drug-likeness (QED) is 0.508. The molecule has 1 aliphatic carbocycles. The van der Waals surface area contributed by atoms with Gasteiger partial charge in [-0.2, -0.15) is 0 Å². The van der Waals surface area contributed by atoms with Crippen molar-refractivity contribution in [1.29, 1.82) is 0 Å². The number of nitrogens with one attached hydrogen (secondary N) is 2. The standard InChI is InChI=1S/C24H39N5O/c1-4-20-9-11-21(12-10-20)19(3)27-24(25-5-2)26-13-14-28-15-17-29(18-16-28)23(30)22-7-6-8-22/h9-12,19,22H,4-8,13-18H2,1-3H3,(H2,25,26,27). The number of amides is 1. The van der Waals surface area contributed by atoms with Gasteiger partial charge in [0.15, 0.2) is 5.96 Å². The fraction of sp³-hybridized carbons (Fsp3) is 0.667. The SMILES string of the molecule is CCNC(=NCCN1CCN(C(=O)C2CCC2)CC1)NC(C)c1ccc(CC)cc1. The number of hydrogen-bond donors (Lipinski definition) is 2. The molecule has 2 N–H and O–H groups in total. The average molecular weight is 414 g/mol. The molecule has 6 nitrogen and oxygen atoms in total. The van der Waals surface area contributed by atoms with E-state index in [0.717, 1.165) is 71.0 Å². The van der Waals surface area contributed by atoms with Crippen LogP contribution in [0.4, 0.5) is 0 Å². The Bertz CT molecular complexity index is 690. The van der Waals surface area contributed by atoms with E-state index in [1.54, 1.807) is 0 Å². The van der Waals surface area contributed by atoms with E-state index in [0.29, 0.717) is 11.8 Å². The first-order chi connectivity index (χ1) is 14.6. The fourth-order valence-electron chi connectivity index (χ4n) is 4.06. The summed E-state index contributed by atoms with van der Waals surface area (Å²) in [6.07, 6.45) is 4.47. The summed E-state index contributed by atoms with van der Waals surface area (Å²) in [5, 5.41) is 6.88. The zero-order valence-electron chi connectivity index (χ0n) is 19.0. The lowest BCUT2D eigenvalue weighted by atomic mass is 9.84. The Balaban J connectivity index is 1.43. The van der Waals surface area contributed by atoms with Gasteiger partial charge in [0.25, 0.3) is 0 Å². The molecule has 1 aromatic rings. The number of piperazine rings is 1. The molecule has 0 spiro atoms. The Labute approximate surface area is 182 Å². The summed E-state index contributed by atoms with van der Waals surface area (Å²) in [5.74, 6) is 1.57. The van der Waals surface area contributed by atoms with Crippen LogP contribution in [0.3, 0.4) is 0 Å². The van der Waals surface area contributed by atoms with Gasteiger partial charge in [-0.3, -0.25) is 14.7 Å². The van der Waals surface area contributed by atoms with E-state index >= 15 is 0 Å². The van der Waals surface area contributed by atoms with E-state index in [-0.39, 0.29) is 6.04 Å². The van der Waals surface area contributed by atoms with Crippen LogP contribution >= 0.6 is 0 Å². The molecule has 1 saturated heterocycles. The summed E-state index contributed by atoms with van der Waals surface area (Å²) in [6.45, 7) is 12.6. The first kappa shape index (κ1) is 22.6. The summed E-state index contributed by atoms with van der Waals surface area (Å²) in [7, 11) is 0. The molecular weight excluding hydrogens is 374 g/mol. The van der Waals surface area contributed by atoms with Crippen LogP contribution in [0, 0.1) is 5.92 Å². The third kappa shape index (κ3) is 6.21. The molecule has 0 bridgehead atoms. The minimum atomic E-state index is 0.203. The van der Waals surface area contributed by atoms with Crippen LogP contribution in [0.25, 0.3) is 0 Å². The first-order valence-corrected chi connectivity index (χ1v) is 11.8. The van der Waals surface area contributed by atoms with Crippen molar-refractivity contribution in [2.75, 3.05) is 45.8 Å². The molecule has 2 fully saturated rings. The van der Waals surface area contributed by atoms with Gasteiger partial charge >= 0.3 is 0 Å². The molecule has 1 atom stereocenters. The van der Waals surface area contributed by atoms with Crippen LogP contribution in [0.5, 0.6) is 0 Å². The van der Waals surface area contributed by atoms with Gasteiger partial charge in [0.1, 0.15) is 0 Å². The number of carbonyl (C=O) groups is 1. The fourth-order valence-corrected chi connectivity index (χ4v) is 4.06. The molecule has 2 aliphatic rings. The minimum Gasteiger partial charge on any atom is -0.357 e. The Morgan fingerprint density at radius 3 is 2.40 bits per heavy atom. The molecule has 0 radical (unpaired) electrons. The van der Waals surface area contributed by atoms with Gasteiger partial charge in [-0.25, -0.2) is 0 Å². The predicted octanol–water partition coefficient (Wildman–Crippen LogP) is 2.81. The van der Waals surface area contributed by atoms with E-state index in [4.69, 9.17) is 4.99 Å². The monoisotopic (exact) mass is 413 g/mol. The van der Waals surface area contributed by atoms with Gasteiger partial charge in [-0.1, -0.05) is 37.6 Å². The molecule has 0 aromatic heterocycles. The predicted molar refractivity (Wildman–Crippen MR) is 124 cm³/mol. The van der Waals surface area contributed by atoms with Gasteiger partial charge < -0.3 is 15.5 Å². The summed E-state index contributed by atoms with van der Waals surface area (Å²) in [6, 6.07) is 9.00. The topological polar surface area (TPSA) is 60.0 Å². The Morgan fingerprint density at radius 2 is 1.83 bits per heavy atom. The van der Waals surface area contributed by atoms with E-state index in [1.165, 1.54) is 17.5 Å². The van der Waals surface area contributed by atoms with Crippen molar-refractivity contribution in [3.8, 4) is 0 Å². The van der Waals surface area contributed by atoms with E-state index in [9.17, 15) is 4.79 Å². The Kier molecular flexibility index (Phi) is 8.55. The lowest BCUT2D eigenvalue weighted by Crippen LogP contribution is -2.51. The third-order valence-electron chi connectivity index (χ3n) is 6.41. The average Bonchev–Trinajstić information content (AvgIpc) is 2.73. The van der Waals surface area contributed by atoms with E-state index in [1.807, 2.05) is 0 Å². The maximum atomic E-state index is 12.4. The van der Waals surface area contributed by atoms with Gasteiger partial charge in [0, 0.05) is 45.2 Å². The number of rotatable bonds is 8. The van der Waals surface area contributed by atoms with Crippen LogP contribution < -0.4 is 10.6 Å². The number of benzene rings is 1. The van der Waals surface area contributed by atoms with Gasteiger partial charge in [-0.05, 0) is 44.2 Å². The molecule has 1 heterocycles. The van der Waals surface area contributed by atoms with E-state index in [2.05, 4.69) is 65.5 Å². The van der Waals surface area contributed by atoms with Crippen LogP contribution in [-0.4, -0.2) is 67.5 Å². The van der Waals surface area contributed by atoms with Crippen LogP contribution in [0.2, 0.25) is 0 Å². The van der Waals surface area contributed by atoms with Crippen LogP contribution in [0.1, 0.15) is 57.2 Å². The highest BCUT2D eigenvalue weighted by Gasteiger charge is 2.30. The molecule has 1 aromatic carbocycles. The number of nitrogens with zero attached hydrogens (tertiary/aromatic N) is 3. The number of aryl methyl sites for hydroxylation is 1. The molecule has 6 heteroatoms. The number of aliphatic imine (C=N–C) groups is 1. The largest absolute Gasteiger partial charge is 0.357 e. The smallest absolute Gasteiger partial charge is 0.225 e. The molecule has 1 aliphatic heterocycles. The summed E-state index contributed by atoms with van der Waals surface area (Å²) in [4.78, 5) is 21.7. The first-order valence-electron chi connectivity index (χ1n) is 11.8. The van der Waals surface area contributed by atoms with Crippen molar-refractivity contribution < 1.29 is 4.79 Å². The van der Waals surface area contributed by atoms with E-state index < -0.39 is 0 Å². The van der Waals surface area contributed by atoms with Crippen LogP contribution in [0.15, 0.2) is 29.3 Å². The highest BCUT2D eigenvalue weighted by Crippen LogP contribution is 2.28. The van der Waals surface area contributed by atoms with Crippen molar-refractivity contribution in [1.82, 2.24) is 20.4 Å². The van der Waals surface area contributed by atoms with Gasteiger partial charge in [0.05, 0.1) is 12.6 Å². The lowest BCUT2D eigenvalue weighted by molar-refractivity contribution is -0.139. The Morgan fingerprint density at radius 1 is 1.13 bits per heavy atom. The maximum absolute atomic E-state index is 12.4. The summed E-state index contributed by atoms with van der Waals surface area (Å²) in [5.41, 5.74) is 2.63. The lowest BCUT2D eigenvalue weighted by Gasteiger charge is -2.38. The Hall–Kier alpha value is -2.08. The highest BCUT2D eigenvalue weighted by atomic mass is 16.2. The van der Waals surface area contributed by atoms with Crippen molar-refractivity contribution in [2.45, 2.75) is 52.5 Å². The van der Waals surface area contributed by atoms with Gasteiger partial charge in [0.2, 0.25) is 5.91 Å². The van der Waals surface area contributed by atoms with Crippen molar-refractivity contribution in [3.05, 3.63) is 35.4 Å². The summed E-state index contributed by atoms with van der Waals surface area (Å²) < 4.78 is 0. The van der Waals surface area contributed by atoms with Crippen molar-refractivity contribution in [3.63, 3.8) is 0 Å². The molecule has 1 unspecified atom stereocenters. The number of guanidine groups is 1. The molecule has 166 valence electrons.